The van der Waals surface area contributed by atoms with Crippen LogP contribution in [0.2, 0.25) is 0 Å². The smallest absolute Gasteiger partial charge is 0.252 e. The molecule has 0 aliphatic heterocycles. The summed E-state index contributed by atoms with van der Waals surface area (Å²) in [5.74, 6) is -0.204. The Bertz CT molecular complexity index is 1800. The highest BCUT2D eigenvalue weighted by Crippen LogP contribution is 2.50. The van der Waals surface area contributed by atoms with E-state index in [1.165, 1.54) is 11.1 Å². The van der Waals surface area contributed by atoms with Gasteiger partial charge in [-0.25, -0.2) is 18.7 Å². The van der Waals surface area contributed by atoms with Gasteiger partial charge in [-0.15, -0.1) is 5.10 Å². The summed E-state index contributed by atoms with van der Waals surface area (Å²) in [7, 11) is 1.64. The number of hydrogen-bond acceptors (Lipinski definition) is 7. The number of nitrogens with two attached hydrogens (primary N) is 1. The zero-order valence-electron chi connectivity index (χ0n) is 23.9. The number of methoxy groups -OCH3 is 1. The summed E-state index contributed by atoms with van der Waals surface area (Å²) in [6.07, 6.45) is 2.72. The van der Waals surface area contributed by atoms with Crippen LogP contribution in [0.3, 0.4) is 0 Å². The Morgan fingerprint density at radius 2 is 1.83 bits per heavy atom. The van der Waals surface area contributed by atoms with E-state index in [9.17, 15) is 8.78 Å². The first-order chi connectivity index (χ1) is 20.1. The van der Waals surface area contributed by atoms with E-state index in [1.807, 2.05) is 30.3 Å². The van der Waals surface area contributed by atoms with Crippen molar-refractivity contribution in [3.05, 3.63) is 88.5 Å². The molecule has 3 N–H and O–H groups in total. The Labute approximate surface area is 242 Å². The number of aromatic nitrogens is 5. The minimum absolute atomic E-state index is 0.177. The van der Waals surface area contributed by atoms with Gasteiger partial charge in [0.05, 0.1) is 12.6 Å². The molecule has 2 saturated carbocycles. The van der Waals surface area contributed by atoms with Gasteiger partial charge < -0.3 is 15.8 Å². The molecule has 3 aromatic heterocycles. The van der Waals surface area contributed by atoms with E-state index in [0.29, 0.717) is 23.8 Å². The van der Waals surface area contributed by atoms with Gasteiger partial charge in [0.15, 0.2) is 11.5 Å². The highest BCUT2D eigenvalue weighted by atomic mass is 19.3. The molecule has 0 amide bonds. The molecule has 0 bridgehead atoms. The minimum Gasteiger partial charge on any atom is -0.494 e. The highest BCUT2D eigenvalue weighted by Gasteiger charge is 2.55. The number of anilines is 1. The lowest BCUT2D eigenvalue weighted by atomic mass is 9.69. The van der Waals surface area contributed by atoms with Crippen molar-refractivity contribution in [2.24, 2.45) is 5.73 Å². The molecule has 0 radical (unpaired) electrons. The number of benzene rings is 2. The zero-order chi connectivity index (χ0) is 29.2. The van der Waals surface area contributed by atoms with Crippen LogP contribution in [0, 0.1) is 13.8 Å². The van der Waals surface area contributed by atoms with Crippen molar-refractivity contribution in [3.63, 3.8) is 0 Å². The first kappa shape index (κ1) is 26.7. The third-order valence-corrected chi connectivity index (χ3v) is 8.95. The van der Waals surface area contributed by atoms with Crippen molar-refractivity contribution in [3.8, 4) is 5.75 Å². The second kappa shape index (κ2) is 9.69. The van der Waals surface area contributed by atoms with Crippen molar-refractivity contribution in [1.82, 2.24) is 24.6 Å². The summed E-state index contributed by atoms with van der Waals surface area (Å²) in [6, 6.07) is 16.0. The van der Waals surface area contributed by atoms with Crippen molar-refractivity contribution in [2.75, 3.05) is 12.4 Å². The van der Waals surface area contributed by atoms with Gasteiger partial charge in [0.1, 0.15) is 11.3 Å². The lowest BCUT2D eigenvalue weighted by Gasteiger charge is -2.44. The average Bonchev–Trinajstić information content (AvgIpc) is 3.37. The summed E-state index contributed by atoms with van der Waals surface area (Å²) in [5.41, 5.74) is 11.9. The molecule has 7 rings (SSSR count). The Morgan fingerprint density at radius 1 is 1.02 bits per heavy atom. The highest BCUT2D eigenvalue weighted by molar-refractivity contribution is 5.96. The summed E-state index contributed by atoms with van der Waals surface area (Å²) in [4.78, 5) is 14.5. The van der Waals surface area contributed by atoms with Crippen molar-refractivity contribution in [2.45, 2.75) is 69.4 Å². The molecule has 2 aliphatic rings. The summed E-state index contributed by atoms with van der Waals surface area (Å²) >= 11 is 0. The summed E-state index contributed by atoms with van der Waals surface area (Å²) in [6.45, 7) is 4.81. The van der Waals surface area contributed by atoms with E-state index in [2.05, 4.69) is 42.3 Å². The van der Waals surface area contributed by atoms with Crippen molar-refractivity contribution < 1.29 is 13.5 Å². The van der Waals surface area contributed by atoms with Crippen molar-refractivity contribution in [1.29, 1.82) is 0 Å². The number of para-hydroxylation sites is 1. The quantitative estimate of drug-likeness (QED) is 0.242. The number of fused-ring (bicyclic) bond motifs is 3. The van der Waals surface area contributed by atoms with E-state index in [0.717, 1.165) is 46.5 Å². The SMILES string of the molecule is COc1cccc2c1nc(NCc1ccc(C)c(C)c1)n1nc(C3CC(c4ccc(C5(N)CC(F)(F)C5)cn4)C3)nc21. The number of nitrogens with zero attached hydrogens (tertiary/aromatic N) is 5. The van der Waals surface area contributed by atoms with Gasteiger partial charge in [0.25, 0.3) is 5.92 Å². The van der Waals surface area contributed by atoms with Crippen LogP contribution in [0.5, 0.6) is 5.75 Å². The third kappa shape index (κ3) is 4.54. The van der Waals surface area contributed by atoms with Crippen LogP contribution < -0.4 is 15.8 Å². The van der Waals surface area contributed by atoms with Gasteiger partial charge >= 0.3 is 0 Å². The fraction of sp³-hybridized carbons (Fsp3) is 0.375. The first-order valence-corrected chi connectivity index (χ1v) is 14.3. The molecule has 2 aliphatic carbocycles. The topological polar surface area (TPSA) is 103 Å². The molecule has 216 valence electrons. The molecule has 0 saturated heterocycles. The Morgan fingerprint density at radius 3 is 2.52 bits per heavy atom. The molecule has 10 heteroatoms. The van der Waals surface area contributed by atoms with E-state index in [1.54, 1.807) is 17.8 Å². The Balaban J connectivity index is 1.14. The monoisotopic (exact) mass is 569 g/mol. The molecule has 0 spiro atoms. The maximum absolute atomic E-state index is 13.4. The predicted octanol–water partition coefficient (Wildman–Crippen LogP) is 6.15. The number of nitrogens with one attached hydrogen (secondary N) is 1. The van der Waals surface area contributed by atoms with Gasteiger partial charge in [0.2, 0.25) is 5.95 Å². The zero-order valence-corrected chi connectivity index (χ0v) is 23.9. The van der Waals surface area contributed by atoms with Gasteiger partial charge in [-0.3, -0.25) is 4.98 Å². The predicted molar refractivity (Wildman–Crippen MR) is 157 cm³/mol. The fourth-order valence-electron chi connectivity index (χ4n) is 6.25. The molecular formula is C32H33F2N7O. The number of halogens is 2. The first-order valence-electron chi connectivity index (χ1n) is 14.3. The van der Waals surface area contributed by atoms with Crippen LogP contribution in [-0.2, 0) is 12.1 Å². The number of aryl methyl sites for hydroxylation is 2. The lowest BCUT2D eigenvalue weighted by molar-refractivity contribution is -0.125. The standard InChI is InChI=1S/C32H33F2N7O/c1-18-7-8-20(11-19(18)2)14-37-30-38-27-24(5-4-6-26(27)42-3)29-39-28(40-41(29)30)22-12-21(13-22)25-10-9-23(15-36-25)31(35)16-32(33,34)17-31/h4-11,15,21-22H,12-14,16-17,35H2,1-3H3,(H,37,38). The van der Waals surface area contributed by atoms with Crippen LogP contribution in [0.25, 0.3) is 16.6 Å². The van der Waals surface area contributed by atoms with Gasteiger partial charge in [0, 0.05) is 48.5 Å². The molecule has 8 nitrogen and oxygen atoms in total. The Hall–Kier alpha value is -4.18. The average molecular weight is 570 g/mol. The second-order valence-corrected chi connectivity index (χ2v) is 12.0. The minimum atomic E-state index is -2.68. The number of alkyl halides is 2. The summed E-state index contributed by atoms with van der Waals surface area (Å²) in [5, 5.41) is 9.27. The molecule has 0 unspecified atom stereocenters. The number of ether oxygens (including phenoxy) is 1. The summed E-state index contributed by atoms with van der Waals surface area (Å²) < 4.78 is 34.3. The van der Waals surface area contributed by atoms with Crippen LogP contribution in [0.1, 0.15) is 71.3 Å². The molecular weight excluding hydrogens is 536 g/mol. The second-order valence-electron chi connectivity index (χ2n) is 12.0. The van der Waals surface area contributed by atoms with Crippen LogP contribution >= 0.6 is 0 Å². The van der Waals surface area contributed by atoms with E-state index in [-0.39, 0.29) is 24.7 Å². The molecule has 0 atom stereocenters. The molecule has 2 aromatic carbocycles. The Kier molecular flexibility index (Phi) is 6.16. The fourth-order valence-corrected chi connectivity index (χ4v) is 6.25. The van der Waals surface area contributed by atoms with Crippen molar-refractivity contribution >= 4 is 22.5 Å². The van der Waals surface area contributed by atoms with Crippen LogP contribution in [0.15, 0.2) is 54.7 Å². The number of pyridine rings is 1. The van der Waals surface area contributed by atoms with E-state index < -0.39 is 11.5 Å². The number of rotatable bonds is 7. The van der Waals surface area contributed by atoms with Crippen LogP contribution in [0.4, 0.5) is 14.7 Å². The molecule has 3 heterocycles. The maximum Gasteiger partial charge on any atom is 0.252 e. The largest absolute Gasteiger partial charge is 0.494 e. The van der Waals surface area contributed by atoms with Gasteiger partial charge in [-0.2, -0.15) is 4.52 Å². The van der Waals surface area contributed by atoms with E-state index >= 15 is 0 Å². The van der Waals surface area contributed by atoms with Gasteiger partial charge in [-0.1, -0.05) is 30.3 Å². The van der Waals surface area contributed by atoms with Gasteiger partial charge in [-0.05, 0) is 67.1 Å². The maximum atomic E-state index is 13.4. The molecule has 2 fully saturated rings. The third-order valence-electron chi connectivity index (χ3n) is 8.95. The van der Waals surface area contributed by atoms with Crippen LogP contribution in [-0.4, -0.2) is 37.6 Å². The normalized spacial score (nSPS) is 20.7. The number of hydrogen-bond donors (Lipinski definition) is 2. The molecule has 5 aromatic rings. The molecule has 42 heavy (non-hydrogen) atoms. The lowest BCUT2D eigenvalue weighted by Crippen LogP contribution is -2.55. The van der Waals surface area contributed by atoms with E-state index in [4.69, 9.17) is 25.5 Å².